The van der Waals surface area contributed by atoms with Crippen molar-refractivity contribution >= 4 is 0 Å². The van der Waals surface area contributed by atoms with Crippen LogP contribution in [0.1, 0.15) is 11.1 Å². The first-order chi connectivity index (χ1) is 8.66. The Morgan fingerprint density at radius 3 is 3.06 bits per heavy atom. The third-order valence-electron chi connectivity index (χ3n) is 3.58. The Morgan fingerprint density at radius 2 is 2.33 bits per heavy atom. The van der Waals surface area contributed by atoms with Gasteiger partial charge in [-0.25, -0.2) is 4.39 Å². The molecule has 1 fully saturated rings. The number of nitrogens with one attached hydrogen (secondary N) is 2. The van der Waals surface area contributed by atoms with Gasteiger partial charge in [-0.3, -0.25) is 4.90 Å². The van der Waals surface area contributed by atoms with Gasteiger partial charge in [-0.05, 0) is 31.2 Å². The van der Waals surface area contributed by atoms with Crippen LogP contribution in [0.15, 0.2) is 18.2 Å². The second-order valence-electron chi connectivity index (χ2n) is 5.05. The molecule has 0 spiro atoms. The maximum absolute atomic E-state index is 13.1. The van der Waals surface area contributed by atoms with Gasteiger partial charge >= 0.3 is 0 Å². The summed E-state index contributed by atoms with van der Waals surface area (Å²) < 4.78 is 13.1. The van der Waals surface area contributed by atoms with Crippen LogP contribution in [-0.2, 0) is 6.54 Å². The summed E-state index contributed by atoms with van der Waals surface area (Å²) in [6.45, 7) is 6.77. The average Bonchev–Trinajstić information content (AvgIpc) is 2.36. The van der Waals surface area contributed by atoms with Crippen molar-refractivity contribution in [1.29, 1.82) is 0 Å². The van der Waals surface area contributed by atoms with E-state index >= 15 is 0 Å². The molecule has 4 heteroatoms. The fourth-order valence-electron chi connectivity index (χ4n) is 2.29. The number of hydrogen-bond donors (Lipinski definition) is 2. The minimum Gasteiger partial charge on any atom is -0.314 e. The number of hydrogen-bond acceptors (Lipinski definition) is 3. The van der Waals surface area contributed by atoms with Crippen molar-refractivity contribution in [3.63, 3.8) is 0 Å². The van der Waals surface area contributed by atoms with Crippen molar-refractivity contribution in [1.82, 2.24) is 15.5 Å². The number of benzene rings is 1. The lowest BCUT2D eigenvalue weighted by Crippen LogP contribution is -2.53. The molecular formula is C14H22FN3. The molecule has 2 rings (SSSR count). The molecule has 100 valence electrons. The average molecular weight is 251 g/mol. The molecule has 1 aromatic rings. The molecule has 3 nitrogen and oxygen atoms in total. The Kier molecular flexibility index (Phi) is 4.69. The van der Waals surface area contributed by atoms with Gasteiger partial charge in [0.1, 0.15) is 5.82 Å². The summed E-state index contributed by atoms with van der Waals surface area (Å²) in [5, 5.41) is 6.84. The first kappa shape index (κ1) is 13.5. The topological polar surface area (TPSA) is 27.3 Å². The molecule has 2 N–H and O–H groups in total. The summed E-state index contributed by atoms with van der Waals surface area (Å²) in [5.74, 6) is -0.130. The summed E-state index contributed by atoms with van der Waals surface area (Å²) in [5.41, 5.74) is 1.85. The van der Waals surface area contributed by atoms with Gasteiger partial charge in [0.15, 0.2) is 0 Å². The molecule has 1 heterocycles. The van der Waals surface area contributed by atoms with E-state index in [0.29, 0.717) is 11.6 Å². The molecular weight excluding hydrogens is 229 g/mol. The van der Waals surface area contributed by atoms with Crippen LogP contribution >= 0.6 is 0 Å². The Labute approximate surface area is 108 Å². The number of likely N-dealkylation sites (N-methyl/N-ethyl adjacent to an activating group) is 1. The SMILES string of the molecule is Cc1cc(CNCC2CNCCN2C)ccc1F. The lowest BCUT2D eigenvalue weighted by molar-refractivity contribution is 0.195. The molecule has 1 aliphatic rings. The Morgan fingerprint density at radius 1 is 1.50 bits per heavy atom. The van der Waals surface area contributed by atoms with Gasteiger partial charge in [0, 0.05) is 38.8 Å². The minimum atomic E-state index is -0.130. The van der Waals surface area contributed by atoms with Crippen LogP contribution in [0.4, 0.5) is 4.39 Å². The molecule has 1 aromatic carbocycles. The monoisotopic (exact) mass is 251 g/mol. The molecule has 0 bridgehead atoms. The number of halogens is 1. The largest absolute Gasteiger partial charge is 0.314 e. The van der Waals surface area contributed by atoms with Crippen molar-refractivity contribution < 1.29 is 4.39 Å². The molecule has 0 aliphatic carbocycles. The van der Waals surface area contributed by atoms with Gasteiger partial charge in [0.2, 0.25) is 0 Å². The van der Waals surface area contributed by atoms with E-state index in [2.05, 4.69) is 22.6 Å². The van der Waals surface area contributed by atoms with Gasteiger partial charge in [-0.2, -0.15) is 0 Å². The molecule has 0 saturated carbocycles. The van der Waals surface area contributed by atoms with Gasteiger partial charge in [0.05, 0.1) is 0 Å². The van der Waals surface area contributed by atoms with Crippen molar-refractivity contribution in [2.24, 2.45) is 0 Å². The van der Waals surface area contributed by atoms with E-state index in [1.165, 1.54) is 0 Å². The number of aryl methyl sites for hydroxylation is 1. The molecule has 18 heavy (non-hydrogen) atoms. The smallest absolute Gasteiger partial charge is 0.126 e. The van der Waals surface area contributed by atoms with Crippen molar-refractivity contribution in [3.05, 3.63) is 35.1 Å². The summed E-state index contributed by atoms with van der Waals surface area (Å²) in [6, 6.07) is 5.84. The van der Waals surface area contributed by atoms with Crippen LogP contribution in [0.3, 0.4) is 0 Å². The maximum atomic E-state index is 13.1. The normalized spacial score (nSPS) is 21.2. The van der Waals surface area contributed by atoms with Crippen molar-refractivity contribution in [3.8, 4) is 0 Å². The Balaban J connectivity index is 1.79. The highest BCUT2D eigenvalue weighted by molar-refractivity contribution is 5.23. The van der Waals surface area contributed by atoms with E-state index in [1.807, 2.05) is 12.1 Å². The van der Waals surface area contributed by atoms with Gasteiger partial charge < -0.3 is 10.6 Å². The highest BCUT2D eigenvalue weighted by Gasteiger charge is 2.17. The fraction of sp³-hybridized carbons (Fsp3) is 0.571. The lowest BCUT2D eigenvalue weighted by atomic mass is 10.1. The highest BCUT2D eigenvalue weighted by atomic mass is 19.1. The van der Waals surface area contributed by atoms with Crippen LogP contribution in [0.25, 0.3) is 0 Å². The second kappa shape index (κ2) is 6.27. The van der Waals surface area contributed by atoms with Crippen LogP contribution in [0.5, 0.6) is 0 Å². The van der Waals surface area contributed by atoms with E-state index in [0.717, 1.165) is 38.3 Å². The molecule has 1 unspecified atom stereocenters. The number of rotatable bonds is 4. The quantitative estimate of drug-likeness (QED) is 0.840. The summed E-state index contributed by atoms with van der Waals surface area (Å²) >= 11 is 0. The summed E-state index contributed by atoms with van der Waals surface area (Å²) in [4.78, 5) is 2.37. The predicted molar refractivity (Wildman–Crippen MR) is 72.1 cm³/mol. The van der Waals surface area contributed by atoms with E-state index in [-0.39, 0.29) is 5.82 Å². The minimum absolute atomic E-state index is 0.130. The van der Waals surface area contributed by atoms with E-state index < -0.39 is 0 Å². The van der Waals surface area contributed by atoms with E-state index in [1.54, 1.807) is 13.0 Å². The molecule has 0 amide bonds. The Hall–Kier alpha value is -0.970. The maximum Gasteiger partial charge on any atom is 0.126 e. The van der Waals surface area contributed by atoms with Crippen LogP contribution < -0.4 is 10.6 Å². The molecule has 0 aromatic heterocycles. The first-order valence-electron chi connectivity index (χ1n) is 6.53. The van der Waals surface area contributed by atoms with Gasteiger partial charge in [-0.1, -0.05) is 12.1 Å². The predicted octanol–water partition coefficient (Wildman–Crippen LogP) is 1.13. The molecule has 1 saturated heterocycles. The molecule has 1 atom stereocenters. The van der Waals surface area contributed by atoms with Crippen molar-refractivity contribution in [2.75, 3.05) is 33.2 Å². The molecule has 0 radical (unpaired) electrons. The lowest BCUT2D eigenvalue weighted by Gasteiger charge is -2.33. The van der Waals surface area contributed by atoms with E-state index in [9.17, 15) is 4.39 Å². The third kappa shape index (κ3) is 3.51. The Bertz CT molecular complexity index is 395. The second-order valence-corrected chi connectivity index (χ2v) is 5.05. The summed E-state index contributed by atoms with van der Waals surface area (Å²) in [7, 11) is 2.16. The van der Waals surface area contributed by atoms with Gasteiger partial charge in [0.25, 0.3) is 0 Å². The van der Waals surface area contributed by atoms with E-state index in [4.69, 9.17) is 0 Å². The zero-order valence-corrected chi connectivity index (χ0v) is 11.2. The first-order valence-corrected chi connectivity index (χ1v) is 6.53. The highest BCUT2D eigenvalue weighted by Crippen LogP contribution is 2.09. The summed E-state index contributed by atoms with van der Waals surface area (Å²) in [6.07, 6.45) is 0. The number of piperazine rings is 1. The number of nitrogens with zero attached hydrogens (tertiary/aromatic N) is 1. The zero-order valence-electron chi connectivity index (χ0n) is 11.2. The van der Waals surface area contributed by atoms with Crippen LogP contribution in [0, 0.1) is 12.7 Å². The fourth-order valence-corrected chi connectivity index (χ4v) is 2.29. The van der Waals surface area contributed by atoms with Crippen LogP contribution in [-0.4, -0.2) is 44.2 Å². The van der Waals surface area contributed by atoms with Crippen LogP contribution in [0.2, 0.25) is 0 Å². The third-order valence-corrected chi connectivity index (χ3v) is 3.58. The molecule has 1 aliphatic heterocycles. The van der Waals surface area contributed by atoms with Crippen molar-refractivity contribution in [2.45, 2.75) is 19.5 Å². The standard InChI is InChI=1S/C14H22FN3/c1-11-7-12(3-4-14(11)15)8-17-10-13-9-16-5-6-18(13)2/h3-4,7,13,16-17H,5-6,8-10H2,1-2H3. The van der Waals surface area contributed by atoms with Gasteiger partial charge in [-0.15, -0.1) is 0 Å². The zero-order chi connectivity index (χ0) is 13.0.